The van der Waals surface area contributed by atoms with E-state index in [-0.39, 0.29) is 0 Å². The van der Waals surface area contributed by atoms with Crippen LogP contribution < -0.4 is 0 Å². The molecule has 0 bridgehead atoms. The minimum absolute atomic E-state index is 0.973. The molecule has 0 amide bonds. The lowest BCUT2D eigenvalue weighted by atomic mass is 10.2. The van der Waals surface area contributed by atoms with E-state index in [1.165, 1.54) is 22.3 Å². The topological polar surface area (TPSA) is 26.3 Å². The van der Waals surface area contributed by atoms with Gasteiger partial charge in [0.2, 0.25) is 0 Å². The summed E-state index contributed by atoms with van der Waals surface area (Å²) >= 11 is 0. The van der Waals surface area contributed by atoms with Gasteiger partial charge in [-0.05, 0) is 74.3 Å². The highest BCUT2D eigenvalue weighted by atomic mass is 33.1. The normalized spacial score (nSPS) is 11.2. The number of rotatable bonds is 3. The van der Waals surface area contributed by atoms with Crippen molar-refractivity contribution in [3.63, 3.8) is 0 Å². The van der Waals surface area contributed by atoms with Gasteiger partial charge in [0.25, 0.3) is 0 Å². The summed E-state index contributed by atoms with van der Waals surface area (Å²) in [6.07, 6.45) is 0. The Kier molecular flexibility index (Phi) is 3.87. The summed E-state index contributed by atoms with van der Waals surface area (Å²) in [5.74, 6) is 2.00. The van der Waals surface area contributed by atoms with E-state index in [2.05, 4.69) is 27.7 Å². The first-order valence-corrected chi connectivity index (χ1v) is 8.04. The number of hydrogen-bond donors (Lipinski definition) is 0. The predicted octanol–water partition coefficient (Wildman–Crippen LogP) is 5.52. The number of furan rings is 2. The molecule has 2 aromatic rings. The number of aryl methyl sites for hydroxylation is 2. The Balaban J connectivity index is 2.16. The zero-order valence-electron chi connectivity index (χ0n) is 11.6. The first-order valence-electron chi connectivity index (χ1n) is 5.89. The molecule has 0 saturated carbocycles. The standard InChI is InChI=1S/C14H18O2S2/c1-7-9(3)13(15-11(7)5)17-18-14-10(4)8(2)12(6)16-14/h1-6H3. The molecule has 0 radical (unpaired) electrons. The van der Waals surface area contributed by atoms with Crippen LogP contribution >= 0.6 is 21.6 Å². The second kappa shape index (κ2) is 5.10. The van der Waals surface area contributed by atoms with Crippen LogP contribution in [0, 0.1) is 41.5 Å². The molecular weight excluding hydrogens is 264 g/mol. The Morgan fingerprint density at radius 1 is 0.556 bits per heavy atom. The Labute approximate surface area is 116 Å². The Morgan fingerprint density at radius 2 is 0.889 bits per heavy atom. The third-order valence-electron chi connectivity index (χ3n) is 3.48. The molecule has 0 aromatic carbocycles. The van der Waals surface area contributed by atoms with Crippen LogP contribution in [0.25, 0.3) is 0 Å². The van der Waals surface area contributed by atoms with Crippen molar-refractivity contribution in [3.05, 3.63) is 33.8 Å². The molecule has 0 saturated heterocycles. The molecule has 0 unspecified atom stereocenters. The summed E-state index contributed by atoms with van der Waals surface area (Å²) in [4.78, 5) is 0. The summed E-state index contributed by atoms with van der Waals surface area (Å²) in [6, 6.07) is 0. The molecule has 2 nitrogen and oxygen atoms in total. The van der Waals surface area contributed by atoms with E-state index < -0.39 is 0 Å². The molecule has 0 aliphatic rings. The third-order valence-corrected chi connectivity index (χ3v) is 5.80. The maximum Gasteiger partial charge on any atom is 0.174 e. The SMILES string of the molecule is Cc1oc(SSc2oc(C)c(C)c2C)c(C)c1C. The van der Waals surface area contributed by atoms with E-state index >= 15 is 0 Å². The van der Waals surface area contributed by atoms with Gasteiger partial charge in [0, 0.05) is 11.1 Å². The molecule has 2 heterocycles. The van der Waals surface area contributed by atoms with Gasteiger partial charge in [0.15, 0.2) is 10.2 Å². The molecular formula is C14H18O2S2. The van der Waals surface area contributed by atoms with Gasteiger partial charge in [-0.15, -0.1) is 0 Å². The maximum absolute atomic E-state index is 5.74. The van der Waals surface area contributed by atoms with Crippen LogP contribution in [0.15, 0.2) is 19.0 Å². The Morgan fingerprint density at radius 3 is 1.11 bits per heavy atom. The monoisotopic (exact) mass is 282 g/mol. The smallest absolute Gasteiger partial charge is 0.174 e. The van der Waals surface area contributed by atoms with Crippen molar-refractivity contribution < 1.29 is 8.83 Å². The average Bonchev–Trinajstić information content (AvgIpc) is 2.72. The van der Waals surface area contributed by atoms with Crippen molar-refractivity contribution in [2.75, 3.05) is 0 Å². The van der Waals surface area contributed by atoms with Gasteiger partial charge in [-0.3, -0.25) is 0 Å². The molecule has 4 heteroatoms. The predicted molar refractivity (Wildman–Crippen MR) is 77.6 cm³/mol. The summed E-state index contributed by atoms with van der Waals surface area (Å²) in [6.45, 7) is 12.4. The summed E-state index contributed by atoms with van der Waals surface area (Å²) < 4.78 is 11.5. The van der Waals surface area contributed by atoms with Crippen LogP contribution in [0.3, 0.4) is 0 Å². The van der Waals surface area contributed by atoms with Crippen LogP contribution in [0.4, 0.5) is 0 Å². The highest BCUT2D eigenvalue weighted by molar-refractivity contribution is 8.76. The fourth-order valence-corrected chi connectivity index (χ4v) is 4.09. The maximum atomic E-state index is 5.74. The average molecular weight is 282 g/mol. The zero-order chi connectivity index (χ0) is 13.4. The summed E-state index contributed by atoms with van der Waals surface area (Å²) in [5, 5.41) is 1.95. The first kappa shape index (κ1) is 13.7. The first-order chi connectivity index (χ1) is 8.41. The summed E-state index contributed by atoms with van der Waals surface area (Å²) in [5.41, 5.74) is 4.92. The van der Waals surface area contributed by atoms with E-state index in [1.54, 1.807) is 21.6 Å². The van der Waals surface area contributed by atoms with Crippen LogP contribution in [0.2, 0.25) is 0 Å². The minimum Gasteiger partial charge on any atom is -0.454 e. The fraction of sp³-hybridized carbons (Fsp3) is 0.429. The van der Waals surface area contributed by atoms with Crippen LogP contribution in [-0.4, -0.2) is 0 Å². The van der Waals surface area contributed by atoms with E-state index in [1.807, 2.05) is 13.8 Å². The van der Waals surface area contributed by atoms with Crippen molar-refractivity contribution in [3.8, 4) is 0 Å². The van der Waals surface area contributed by atoms with E-state index in [4.69, 9.17) is 8.83 Å². The van der Waals surface area contributed by atoms with Crippen molar-refractivity contribution in [2.45, 2.75) is 51.7 Å². The molecule has 0 aliphatic heterocycles. The van der Waals surface area contributed by atoms with E-state index in [0.29, 0.717) is 0 Å². The highest BCUT2D eigenvalue weighted by Gasteiger charge is 2.15. The third kappa shape index (κ3) is 2.36. The van der Waals surface area contributed by atoms with Crippen molar-refractivity contribution in [1.29, 1.82) is 0 Å². The fourth-order valence-electron chi connectivity index (χ4n) is 1.65. The van der Waals surface area contributed by atoms with E-state index in [9.17, 15) is 0 Å². The molecule has 98 valence electrons. The van der Waals surface area contributed by atoms with Crippen LogP contribution in [0.1, 0.15) is 33.8 Å². The van der Waals surface area contributed by atoms with Gasteiger partial charge >= 0.3 is 0 Å². The zero-order valence-corrected chi connectivity index (χ0v) is 13.3. The van der Waals surface area contributed by atoms with Crippen LogP contribution in [0.5, 0.6) is 0 Å². The lowest BCUT2D eigenvalue weighted by Crippen LogP contribution is -1.75. The largest absolute Gasteiger partial charge is 0.454 e. The molecule has 0 fully saturated rings. The minimum atomic E-state index is 0.973. The quantitative estimate of drug-likeness (QED) is 0.692. The van der Waals surface area contributed by atoms with Crippen molar-refractivity contribution >= 4 is 21.6 Å². The van der Waals surface area contributed by atoms with E-state index in [0.717, 1.165) is 21.7 Å². The van der Waals surface area contributed by atoms with Crippen LogP contribution in [-0.2, 0) is 0 Å². The van der Waals surface area contributed by atoms with Gasteiger partial charge < -0.3 is 8.83 Å². The Bertz CT molecular complexity index is 527. The lowest BCUT2D eigenvalue weighted by molar-refractivity contribution is 0.443. The molecule has 18 heavy (non-hydrogen) atoms. The van der Waals surface area contributed by atoms with Gasteiger partial charge in [-0.25, -0.2) is 0 Å². The molecule has 0 N–H and O–H groups in total. The molecule has 0 spiro atoms. The van der Waals surface area contributed by atoms with Gasteiger partial charge in [0.1, 0.15) is 11.5 Å². The van der Waals surface area contributed by atoms with Gasteiger partial charge in [0.05, 0.1) is 0 Å². The van der Waals surface area contributed by atoms with Gasteiger partial charge in [-0.1, -0.05) is 0 Å². The highest BCUT2D eigenvalue weighted by Crippen LogP contribution is 2.43. The number of hydrogen-bond acceptors (Lipinski definition) is 4. The molecule has 2 aromatic heterocycles. The molecule has 2 rings (SSSR count). The second-order valence-electron chi connectivity index (χ2n) is 4.56. The molecule has 0 aliphatic carbocycles. The Hall–Kier alpha value is -0.740. The second-order valence-corrected chi connectivity index (χ2v) is 6.63. The molecule has 0 atom stereocenters. The van der Waals surface area contributed by atoms with Gasteiger partial charge in [-0.2, -0.15) is 0 Å². The summed E-state index contributed by atoms with van der Waals surface area (Å²) in [7, 11) is 3.26. The van der Waals surface area contributed by atoms with Crippen molar-refractivity contribution in [1.82, 2.24) is 0 Å². The van der Waals surface area contributed by atoms with Crippen molar-refractivity contribution in [2.24, 2.45) is 0 Å². The lowest BCUT2D eigenvalue weighted by Gasteiger charge is -1.97.